The third-order valence-corrected chi connectivity index (χ3v) is 4.11. The first-order valence-electron chi connectivity index (χ1n) is 8.58. The number of rotatable bonds is 6. The molecule has 1 fully saturated rings. The first-order valence-corrected chi connectivity index (χ1v) is 8.58. The molecule has 0 saturated heterocycles. The Labute approximate surface area is 146 Å². The van der Waals surface area contributed by atoms with Gasteiger partial charge in [-0.15, -0.1) is 0 Å². The van der Waals surface area contributed by atoms with E-state index in [1.165, 1.54) is 0 Å². The number of nitrogens with zero attached hydrogens (tertiary/aromatic N) is 3. The summed E-state index contributed by atoms with van der Waals surface area (Å²) in [5, 5.41) is 3.06. The molecule has 1 amide bonds. The van der Waals surface area contributed by atoms with Crippen LogP contribution in [-0.4, -0.2) is 39.6 Å². The Kier molecular flexibility index (Phi) is 5.77. The number of carbonyl (C=O) groups excluding carboxylic acids is 1. The fourth-order valence-electron chi connectivity index (χ4n) is 2.84. The van der Waals surface area contributed by atoms with Crippen molar-refractivity contribution in [1.82, 2.24) is 20.3 Å². The molecule has 0 atom stereocenters. The van der Waals surface area contributed by atoms with Crippen LogP contribution in [0.1, 0.15) is 43.0 Å². The van der Waals surface area contributed by atoms with Crippen LogP contribution in [0.15, 0.2) is 36.8 Å². The highest BCUT2D eigenvalue weighted by Gasteiger charge is 2.24. The maximum atomic E-state index is 12.3. The Morgan fingerprint density at radius 3 is 2.56 bits per heavy atom. The molecule has 3 rings (SSSR count). The molecule has 0 aliphatic heterocycles. The second-order valence-electron chi connectivity index (χ2n) is 5.91. The average Bonchev–Trinajstić information content (AvgIpc) is 2.65. The Balaban J connectivity index is 1.46. The second-order valence-corrected chi connectivity index (χ2v) is 5.91. The van der Waals surface area contributed by atoms with Gasteiger partial charge in [-0.05, 0) is 44.7 Å². The van der Waals surface area contributed by atoms with Gasteiger partial charge in [-0.1, -0.05) is 0 Å². The topological polar surface area (TPSA) is 86.2 Å². The van der Waals surface area contributed by atoms with Crippen molar-refractivity contribution < 1.29 is 14.3 Å². The van der Waals surface area contributed by atoms with E-state index >= 15 is 0 Å². The number of pyridine rings is 1. The number of ether oxygens (including phenoxy) is 2. The zero-order valence-corrected chi connectivity index (χ0v) is 14.2. The third kappa shape index (κ3) is 4.89. The lowest BCUT2D eigenvalue weighted by molar-refractivity contribution is 0.0884. The van der Waals surface area contributed by atoms with Crippen LogP contribution < -0.4 is 14.8 Å². The molecular formula is C18H22N4O3. The van der Waals surface area contributed by atoms with Crippen LogP contribution in [0.2, 0.25) is 0 Å². The van der Waals surface area contributed by atoms with Gasteiger partial charge in [0.15, 0.2) is 0 Å². The molecule has 1 N–H and O–H groups in total. The molecule has 132 valence electrons. The van der Waals surface area contributed by atoms with Crippen LogP contribution >= 0.6 is 0 Å². The lowest BCUT2D eigenvalue weighted by Crippen LogP contribution is -2.39. The molecule has 7 nitrogen and oxygen atoms in total. The number of amides is 1. The van der Waals surface area contributed by atoms with Gasteiger partial charge < -0.3 is 14.8 Å². The van der Waals surface area contributed by atoms with Gasteiger partial charge in [-0.2, -0.15) is 0 Å². The Morgan fingerprint density at radius 1 is 1.16 bits per heavy atom. The molecule has 0 unspecified atom stereocenters. The van der Waals surface area contributed by atoms with Gasteiger partial charge in [0, 0.05) is 30.7 Å². The van der Waals surface area contributed by atoms with Crippen molar-refractivity contribution in [1.29, 1.82) is 0 Å². The highest BCUT2D eigenvalue weighted by atomic mass is 16.5. The van der Waals surface area contributed by atoms with Gasteiger partial charge in [-0.3, -0.25) is 4.79 Å². The molecule has 0 radical (unpaired) electrons. The molecule has 1 aliphatic carbocycles. The molecule has 7 heteroatoms. The monoisotopic (exact) mass is 342 g/mol. The summed E-state index contributed by atoms with van der Waals surface area (Å²) in [5.74, 6) is 0.422. The predicted octanol–water partition coefficient (Wildman–Crippen LogP) is 2.39. The smallest absolute Gasteiger partial charge is 0.316 e. The van der Waals surface area contributed by atoms with E-state index in [0.717, 1.165) is 25.7 Å². The lowest BCUT2D eigenvalue weighted by Gasteiger charge is -2.28. The zero-order chi connectivity index (χ0) is 17.5. The molecular weight excluding hydrogens is 320 g/mol. The minimum Gasteiger partial charge on any atom is -0.478 e. The molecule has 0 aromatic carbocycles. The average molecular weight is 342 g/mol. The maximum Gasteiger partial charge on any atom is 0.316 e. The van der Waals surface area contributed by atoms with Crippen LogP contribution in [0.25, 0.3) is 0 Å². The van der Waals surface area contributed by atoms with Gasteiger partial charge in [0.25, 0.3) is 5.91 Å². The van der Waals surface area contributed by atoms with Crippen molar-refractivity contribution in [3.63, 3.8) is 0 Å². The molecule has 2 heterocycles. The summed E-state index contributed by atoms with van der Waals surface area (Å²) < 4.78 is 11.1. The molecule has 0 bridgehead atoms. The standard InChI is InChI=1S/C18H22N4O3/c1-2-24-16-9-4-13(12-21-16)17(23)22-14-5-7-15(8-6-14)25-18-19-10-3-11-20-18/h3-4,9-12,14-15H,2,5-8H2,1H3,(H,22,23). The minimum absolute atomic E-state index is 0.0997. The third-order valence-electron chi connectivity index (χ3n) is 4.11. The summed E-state index contributed by atoms with van der Waals surface area (Å²) in [6, 6.07) is 5.76. The van der Waals surface area contributed by atoms with Gasteiger partial charge >= 0.3 is 6.01 Å². The molecule has 2 aromatic rings. The van der Waals surface area contributed by atoms with Gasteiger partial charge in [0.2, 0.25) is 5.88 Å². The van der Waals surface area contributed by atoms with Crippen LogP contribution in [0.4, 0.5) is 0 Å². The molecule has 0 spiro atoms. The number of nitrogens with one attached hydrogen (secondary N) is 1. The van der Waals surface area contributed by atoms with E-state index in [9.17, 15) is 4.79 Å². The number of hydrogen-bond acceptors (Lipinski definition) is 6. The SMILES string of the molecule is CCOc1ccc(C(=O)NC2CCC(Oc3ncccn3)CC2)cn1. The van der Waals surface area contributed by atoms with Crippen molar-refractivity contribution in [3.8, 4) is 11.9 Å². The van der Waals surface area contributed by atoms with Crippen molar-refractivity contribution in [3.05, 3.63) is 42.4 Å². The quantitative estimate of drug-likeness (QED) is 0.867. The van der Waals surface area contributed by atoms with E-state index in [2.05, 4.69) is 20.3 Å². The normalized spacial score (nSPS) is 19.9. The van der Waals surface area contributed by atoms with Crippen LogP contribution in [-0.2, 0) is 0 Å². The largest absolute Gasteiger partial charge is 0.478 e. The molecule has 25 heavy (non-hydrogen) atoms. The van der Waals surface area contributed by atoms with E-state index < -0.39 is 0 Å². The summed E-state index contributed by atoms with van der Waals surface area (Å²) in [4.78, 5) is 24.6. The van der Waals surface area contributed by atoms with Gasteiger partial charge in [0.1, 0.15) is 6.10 Å². The number of carbonyl (C=O) groups is 1. The molecule has 1 aliphatic rings. The maximum absolute atomic E-state index is 12.3. The second kappa shape index (κ2) is 8.41. The minimum atomic E-state index is -0.105. The zero-order valence-electron chi connectivity index (χ0n) is 14.2. The summed E-state index contributed by atoms with van der Waals surface area (Å²) >= 11 is 0. The molecule has 1 saturated carbocycles. The summed E-state index contributed by atoms with van der Waals surface area (Å²) in [7, 11) is 0. The lowest BCUT2D eigenvalue weighted by atomic mass is 9.93. The summed E-state index contributed by atoms with van der Waals surface area (Å²) in [6.07, 6.45) is 8.44. The fraction of sp³-hybridized carbons (Fsp3) is 0.444. The van der Waals surface area contributed by atoms with Gasteiger partial charge in [-0.25, -0.2) is 15.0 Å². The van der Waals surface area contributed by atoms with E-state index in [-0.39, 0.29) is 18.1 Å². The molecule has 2 aromatic heterocycles. The Hall–Kier alpha value is -2.70. The van der Waals surface area contributed by atoms with Crippen LogP contribution in [0.3, 0.4) is 0 Å². The van der Waals surface area contributed by atoms with Crippen molar-refractivity contribution in [2.45, 2.75) is 44.8 Å². The number of hydrogen-bond donors (Lipinski definition) is 1. The highest BCUT2D eigenvalue weighted by molar-refractivity contribution is 5.94. The van der Waals surface area contributed by atoms with Crippen molar-refractivity contribution in [2.75, 3.05) is 6.61 Å². The Morgan fingerprint density at radius 2 is 1.92 bits per heavy atom. The van der Waals surface area contributed by atoms with E-state index in [1.807, 2.05) is 6.92 Å². The summed E-state index contributed by atoms with van der Waals surface area (Å²) in [6.45, 7) is 2.45. The van der Waals surface area contributed by atoms with Gasteiger partial charge in [0.05, 0.1) is 12.2 Å². The van der Waals surface area contributed by atoms with E-state index in [1.54, 1.807) is 36.8 Å². The van der Waals surface area contributed by atoms with Crippen molar-refractivity contribution >= 4 is 5.91 Å². The number of aromatic nitrogens is 3. The first kappa shape index (κ1) is 17.1. The fourth-order valence-corrected chi connectivity index (χ4v) is 2.84. The Bertz CT molecular complexity index is 670. The summed E-state index contributed by atoms with van der Waals surface area (Å²) in [5.41, 5.74) is 0.541. The predicted molar refractivity (Wildman–Crippen MR) is 91.6 cm³/mol. The first-order chi connectivity index (χ1) is 12.2. The van der Waals surface area contributed by atoms with Crippen LogP contribution in [0.5, 0.6) is 11.9 Å². The van der Waals surface area contributed by atoms with Crippen molar-refractivity contribution in [2.24, 2.45) is 0 Å². The highest BCUT2D eigenvalue weighted by Crippen LogP contribution is 2.22. The van der Waals surface area contributed by atoms with E-state index in [0.29, 0.717) is 24.1 Å². The van der Waals surface area contributed by atoms with E-state index in [4.69, 9.17) is 9.47 Å². The van der Waals surface area contributed by atoms with Crippen LogP contribution in [0, 0.1) is 0 Å².